The van der Waals surface area contributed by atoms with Gasteiger partial charge in [0.25, 0.3) is 5.91 Å². The molecule has 0 bridgehead atoms. The SMILES string of the molecule is Cc1nonc1CNC(=O)[C@@]1(C)CCCN(C(=O)c2cnc(C(C)C)nc2)C1. The second-order valence-corrected chi connectivity index (χ2v) is 7.85. The molecule has 2 aromatic heterocycles. The van der Waals surface area contributed by atoms with Crippen LogP contribution in [0.2, 0.25) is 0 Å². The van der Waals surface area contributed by atoms with Crippen LogP contribution in [0.4, 0.5) is 0 Å². The molecule has 3 rings (SSSR count). The van der Waals surface area contributed by atoms with E-state index in [1.807, 2.05) is 20.8 Å². The van der Waals surface area contributed by atoms with E-state index in [4.69, 9.17) is 0 Å². The van der Waals surface area contributed by atoms with Gasteiger partial charge in [0.15, 0.2) is 0 Å². The van der Waals surface area contributed by atoms with Gasteiger partial charge in [-0.1, -0.05) is 24.2 Å². The molecular weight excluding hydrogens is 360 g/mol. The number of carbonyl (C=O) groups is 2. The summed E-state index contributed by atoms with van der Waals surface area (Å²) in [4.78, 5) is 35.9. The molecule has 1 saturated heterocycles. The normalized spacial score (nSPS) is 19.7. The lowest BCUT2D eigenvalue weighted by Gasteiger charge is -2.39. The van der Waals surface area contributed by atoms with Gasteiger partial charge in [-0.15, -0.1) is 0 Å². The number of piperidine rings is 1. The summed E-state index contributed by atoms with van der Waals surface area (Å²) < 4.78 is 4.65. The van der Waals surface area contributed by atoms with Crippen LogP contribution in [0.5, 0.6) is 0 Å². The number of nitrogens with zero attached hydrogens (tertiary/aromatic N) is 5. The van der Waals surface area contributed by atoms with Gasteiger partial charge in [-0.25, -0.2) is 14.6 Å². The number of aromatic nitrogens is 4. The zero-order valence-electron chi connectivity index (χ0n) is 16.7. The molecule has 2 aromatic rings. The Bertz CT molecular complexity index is 848. The van der Waals surface area contributed by atoms with Gasteiger partial charge in [0.1, 0.15) is 17.2 Å². The molecule has 1 fully saturated rings. The molecule has 150 valence electrons. The molecular formula is C19H26N6O3. The van der Waals surface area contributed by atoms with Crippen molar-refractivity contribution >= 4 is 11.8 Å². The van der Waals surface area contributed by atoms with E-state index in [0.717, 1.165) is 6.42 Å². The number of hydrogen-bond acceptors (Lipinski definition) is 7. The molecule has 1 aliphatic rings. The predicted molar refractivity (Wildman–Crippen MR) is 100 cm³/mol. The fourth-order valence-electron chi connectivity index (χ4n) is 3.31. The van der Waals surface area contributed by atoms with Crippen molar-refractivity contribution in [3.05, 3.63) is 35.2 Å². The molecule has 0 saturated carbocycles. The molecule has 0 aromatic carbocycles. The fourth-order valence-corrected chi connectivity index (χ4v) is 3.31. The molecule has 0 radical (unpaired) electrons. The van der Waals surface area contributed by atoms with Gasteiger partial charge in [0.2, 0.25) is 5.91 Å². The Morgan fingerprint density at radius 2 is 2.00 bits per heavy atom. The maximum atomic E-state index is 12.9. The number of rotatable bonds is 5. The second-order valence-electron chi connectivity index (χ2n) is 7.85. The lowest BCUT2D eigenvalue weighted by atomic mass is 9.80. The molecule has 0 spiro atoms. The van der Waals surface area contributed by atoms with E-state index in [1.165, 1.54) is 0 Å². The van der Waals surface area contributed by atoms with Crippen LogP contribution >= 0.6 is 0 Å². The number of aryl methyl sites for hydroxylation is 1. The first kappa shape index (κ1) is 19.9. The summed E-state index contributed by atoms with van der Waals surface area (Å²) in [5.74, 6) is 0.649. The molecule has 1 atom stereocenters. The third-order valence-electron chi connectivity index (χ3n) is 5.13. The Morgan fingerprint density at radius 3 is 2.61 bits per heavy atom. The first-order valence-corrected chi connectivity index (χ1v) is 9.48. The third kappa shape index (κ3) is 4.18. The molecule has 9 nitrogen and oxygen atoms in total. The van der Waals surface area contributed by atoms with Crippen molar-refractivity contribution in [3.63, 3.8) is 0 Å². The van der Waals surface area contributed by atoms with Crippen molar-refractivity contribution < 1.29 is 14.2 Å². The largest absolute Gasteiger partial charge is 0.350 e. The number of amides is 2. The average molecular weight is 386 g/mol. The molecule has 1 N–H and O–H groups in total. The van der Waals surface area contributed by atoms with Gasteiger partial charge in [-0.2, -0.15) is 0 Å². The standard InChI is InChI=1S/C19H26N6O3/c1-12(2)16-20-8-14(9-21-16)17(26)25-7-5-6-19(4,11-25)18(27)22-10-15-13(3)23-28-24-15/h8-9,12H,5-7,10-11H2,1-4H3,(H,22,27)/t19-/m0/s1. The smallest absolute Gasteiger partial charge is 0.257 e. The predicted octanol–water partition coefficient (Wildman–Crippen LogP) is 1.85. The second kappa shape index (κ2) is 8.04. The highest BCUT2D eigenvalue weighted by atomic mass is 16.6. The fraction of sp³-hybridized carbons (Fsp3) is 0.579. The summed E-state index contributed by atoms with van der Waals surface area (Å²) in [7, 11) is 0. The van der Waals surface area contributed by atoms with Crippen molar-refractivity contribution in [2.75, 3.05) is 13.1 Å². The van der Waals surface area contributed by atoms with Gasteiger partial charge >= 0.3 is 0 Å². The summed E-state index contributed by atoms with van der Waals surface area (Å²) >= 11 is 0. The van der Waals surface area contributed by atoms with E-state index in [2.05, 4.69) is 30.2 Å². The van der Waals surface area contributed by atoms with Gasteiger partial charge in [-0.05, 0) is 26.7 Å². The topological polar surface area (TPSA) is 114 Å². The Kier molecular flexibility index (Phi) is 5.71. The highest BCUT2D eigenvalue weighted by Gasteiger charge is 2.39. The van der Waals surface area contributed by atoms with Crippen LogP contribution in [0, 0.1) is 12.3 Å². The van der Waals surface area contributed by atoms with Crippen LogP contribution in [-0.4, -0.2) is 50.1 Å². The van der Waals surface area contributed by atoms with Crippen LogP contribution in [0.3, 0.4) is 0 Å². The van der Waals surface area contributed by atoms with Gasteiger partial charge in [0, 0.05) is 31.4 Å². The summed E-state index contributed by atoms with van der Waals surface area (Å²) in [5.41, 5.74) is 1.02. The van der Waals surface area contributed by atoms with Crippen LogP contribution in [0.1, 0.15) is 67.1 Å². The summed E-state index contributed by atoms with van der Waals surface area (Å²) in [5, 5.41) is 10.4. The monoisotopic (exact) mass is 386 g/mol. The lowest BCUT2D eigenvalue weighted by molar-refractivity contribution is -0.132. The molecule has 28 heavy (non-hydrogen) atoms. The maximum Gasteiger partial charge on any atom is 0.257 e. The van der Waals surface area contributed by atoms with Crippen LogP contribution in [0.15, 0.2) is 17.0 Å². The first-order valence-electron chi connectivity index (χ1n) is 9.48. The number of likely N-dealkylation sites (tertiary alicyclic amines) is 1. The van der Waals surface area contributed by atoms with Gasteiger partial charge in [-0.3, -0.25) is 9.59 Å². The zero-order valence-corrected chi connectivity index (χ0v) is 16.7. The van der Waals surface area contributed by atoms with Crippen molar-refractivity contribution in [2.45, 2.75) is 53.0 Å². The highest BCUT2D eigenvalue weighted by Crippen LogP contribution is 2.30. The van der Waals surface area contributed by atoms with Crippen LogP contribution in [0.25, 0.3) is 0 Å². The summed E-state index contributed by atoms with van der Waals surface area (Å²) in [6.45, 7) is 8.87. The maximum absolute atomic E-state index is 12.9. The number of hydrogen-bond donors (Lipinski definition) is 1. The quantitative estimate of drug-likeness (QED) is 0.834. The van der Waals surface area contributed by atoms with Gasteiger partial charge < -0.3 is 10.2 Å². The third-order valence-corrected chi connectivity index (χ3v) is 5.13. The molecule has 1 aliphatic heterocycles. The molecule has 9 heteroatoms. The minimum atomic E-state index is -0.669. The van der Waals surface area contributed by atoms with E-state index >= 15 is 0 Å². The van der Waals surface area contributed by atoms with Crippen molar-refractivity contribution in [1.29, 1.82) is 0 Å². The van der Waals surface area contributed by atoms with E-state index in [9.17, 15) is 9.59 Å². The minimum absolute atomic E-state index is 0.112. The van der Waals surface area contributed by atoms with E-state index < -0.39 is 5.41 Å². The average Bonchev–Trinajstić information content (AvgIpc) is 3.10. The van der Waals surface area contributed by atoms with Crippen molar-refractivity contribution in [3.8, 4) is 0 Å². The molecule has 2 amide bonds. The number of carbonyl (C=O) groups excluding carboxylic acids is 2. The van der Waals surface area contributed by atoms with Crippen LogP contribution < -0.4 is 5.32 Å². The number of nitrogens with one attached hydrogen (secondary N) is 1. The molecule has 0 aliphatic carbocycles. The van der Waals surface area contributed by atoms with Gasteiger partial charge in [0.05, 0.1) is 17.5 Å². The highest BCUT2D eigenvalue weighted by molar-refractivity contribution is 5.94. The Hall–Kier alpha value is -2.84. The molecule has 3 heterocycles. The van der Waals surface area contributed by atoms with Crippen molar-refractivity contribution in [2.24, 2.45) is 5.41 Å². The minimum Gasteiger partial charge on any atom is -0.350 e. The Labute approximate surface area is 163 Å². The Morgan fingerprint density at radius 1 is 1.29 bits per heavy atom. The van der Waals surface area contributed by atoms with E-state index in [0.29, 0.717) is 42.3 Å². The lowest BCUT2D eigenvalue weighted by Crippen LogP contribution is -2.51. The summed E-state index contributed by atoms with van der Waals surface area (Å²) in [6, 6.07) is 0. The molecule has 0 unspecified atom stereocenters. The van der Waals surface area contributed by atoms with Crippen molar-refractivity contribution in [1.82, 2.24) is 30.5 Å². The van der Waals surface area contributed by atoms with E-state index in [-0.39, 0.29) is 24.3 Å². The van der Waals surface area contributed by atoms with Crippen LogP contribution in [-0.2, 0) is 11.3 Å². The van der Waals surface area contributed by atoms with E-state index in [1.54, 1.807) is 24.2 Å². The first-order chi connectivity index (χ1) is 13.3. The zero-order chi connectivity index (χ0) is 20.3. The summed E-state index contributed by atoms with van der Waals surface area (Å²) in [6.07, 6.45) is 4.60. The Balaban J connectivity index is 1.65.